The Kier molecular flexibility index (Phi) is 3.10. The summed E-state index contributed by atoms with van der Waals surface area (Å²) in [5.41, 5.74) is 1.33. The third kappa shape index (κ3) is 2.21. The average Bonchev–Trinajstić information content (AvgIpc) is 2.33. The molecule has 0 heterocycles. The van der Waals surface area contributed by atoms with Gasteiger partial charge in [0.15, 0.2) is 0 Å². The number of hydrogen-bond donors (Lipinski definition) is 1. The van der Waals surface area contributed by atoms with Gasteiger partial charge in [0.1, 0.15) is 0 Å². The quantitative estimate of drug-likeness (QED) is 0.625. The highest BCUT2D eigenvalue weighted by atomic mass is 16.3. The van der Waals surface area contributed by atoms with Crippen LogP contribution in [0.5, 0.6) is 0 Å². The minimum absolute atomic E-state index is 0.226. The Hall–Kier alpha value is -0.560. The van der Waals surface area contributed by atoms with E-state index in [9.17, 15) is 5.11 Å². The van der Waals surface area contributed by atoms with Crippen molar-refractivity contribution in [2.75, 3.05) is 0 Å². The molecule has 0 radical (unpaired) electrons. The summed E-state index contributed by atoms with van der Waals surface area (Å²) in [5.74, 6) is 0.889. The van der Waals surface area contributed by atoms with E-state index in [1.54, 1.807) is 0 Å². The fraction of sp³-hybridized carbons (Fsp3) is 0.636. The van der Waals surface area contributed by atoms with E-state index in [0.717, 1.165) is 6.42 Å². The van der Waals surface area contributed by atoms with Crippen molar-refractivity contribution in [1.82, 2.24) is 0 Å². The van der Waals surface area contributed by atoms with Crippen molar-refractivity contribution < 1.29 is 5.11 Å². The SMILES string of the molecule is CC(C)=CC(C)C1CC=CC1O. The molecule has 0 fully saturated rings. The zero-order valence-corrected chi connectivity index (χ0v) is 8.12. The number of allylic oxidation sites excluding steroid dienone is 3. The Balaban J connectivity index is 2.54. The molecule has 1 rings (SSSR count). The molecule has 0 saturated carbocycles. The molecule has 0 saturated heterocycles. The summed E-state index contributed by atoms with van der Waals surface area (Å²) in [4.78, 5) is 0. The molecule has 1 heteroatoms. The van der Waals surface area contributed by atoms with E-state index in [4.69, 9.17) is 0 Å². The van der Waals surface area contributed by atoms with E-state index in [2.05, 4.69) is 32.9 Å². The second-order valence-electron chi connectivity index (χ2n) is 3.92. The third-order valence-electron chi connectivity index (χ3n) is 2.45. The topological polar surface area (TPSA) is 20.2 Å². The van der Waals surface area contributed by atoms with E-state index < -0.39 is 0 Å². The molecule has 1 nitrogen and oxygen atoms in total. The molecule has 12 heavy (non-hydrogen) atoms. The first-order valence-electron chi connectivity index (χ1n) is 4.61. The standard InChI is InChI=1S/C11H18O/c1-8(2)7-9(3)10-5-4-6-11(10)12/h4,6-7,9-12H,5H2,1-3H3. The maximum Gasteiger partial charge on any atom is 0.0757 e. The minimum atomic E-state index is -0.226. The molecule has 0 amide bonds. The van der Waals surface area contributed by atoms with Gasteiger partial charge in [-0.1, -0.05) is 30.7 Å². The van der Waals surface area contributed by atoms with Crippen molar-refractivity contribution in [3.63, 3.8) is 0 Å². The molecule has 0 aromatic carbocycles. The van der Waals surface area contributed by atoms with Crippen molar-refractivity contribution in [3.05, 3.63) is 23.8 Å². The van der Waals surface area contributed by atoms with Crippen LogP contribution in [0, 0.1) is 11.8 Å². The molecule has 1 aliphatic rings. The molecular weight excluding hydrogens is 148 g/mol. The molecule has 3 atom stereocenters. The summed E-state index contributed by atoms with van der Waals surface area (Å²) in [5, 5.41) is 9.56. The minimum Gasteiger partial charge on any atom is -0.389 e. The van der Waals surface area contributed by atoms with E-state index in [1.165, 1.54) is 5.57 Å². The van der Waals surface area contributed by atoms with Gasteiger partial charge < -0.3 is 5.11 Å². The van der Waals surface area contributed by atoms with Crippen molar-refractivity contribution in [2.24, 2.45) is 11.8 Å². The second kappa shape index (κ2) is 3.90. The number of aliphatic hydroxyl groups excluding tert-OH is 1. The van der Waals surface area contributed by atoms with Crippen LogP contribution in [0.4, 0.5) is 0 Å². The Morgan fingerprint density at radius 3 is 2.67 bits per heavy atom. The number of rotatable bonds is 2. The summed E-state index contributed by atoms with van der Waals surface area (Å²) < 4.78 is 0. The smallest absolute Gasteiger partial charge is 0.0757 e. The van der Waals surface area contributed by atoms with Crippen molar-refractivity contribution in [1.29, 1.82) is 0 Å². The molecule has 1 aliphatic carbocycles. The molecule has 0 aromatic rings. The summed E-state index contributed by atoms with van der Waals surface area (Å²) in [7, 11) is 0. The van der Waals surface area contributed by atoms with Crippen LogP contribution in [-0.2, 0) is 0 Å². The van der Waals surface area contributed by atoms with Gasteiger partial charge in [0.25, 0.3) is 0 Å². The van der Waals surface area contributed by atoms with E-state index in [0.29, 0.717) is 11.8 Å². The Morgan fingerprint density at radius 2 is 2.25 bits per heavy atom. The fourth-order valence-electron chi connectivity index (χ4n) is 1.83. The molecule has 0 bridgehead atoms. The molecule has 3 unspecified atom stereocenters. The van der Waals surface area contributed by atoms with Crippen LogP contribution in [0.2, 0.25) is 0 Å². The van der Waals surface area contributed by atoms with Gasteiger partial charge in [0.2, 0.25) is 0 Å². The first kappa shape index (κ1) is 9.53. The Labute approximate surface area is 74.8 Å². The lowest BCUT2D eigenvalue weighted by molar-refractivity contribution is 0.143. The lowest BCUT2D eigenvalue weighted by atomic mass is 9.89. The zero-order chi connectivity index (χ0) is 9.14. The summed E-state index contributed by atoms with van der Waals surface area (Å²) in [6.07, 6.45) is 7.01. The van der Waals surface area contributed by atoms with Crippen LogP contribution in [0.1, 0.15) is 27.2 Å². The average molecular weight is 166 g/mol. The van der Waals surface area contributed by atoms with Crippen molar-refractivity contribution in [2.45, 2.75) is 33.3 Å². The predicted octanol–water partition coefficient (Wildman–Crippen LogP) is 2.53. The van der Waals surface area contributed by atoms with Crippen LogP contribution in [-0.4, -0.2) is 11.2 Å². The van der Waals surface area contributed by atoms with Gasteiger partial charge >= 0.3 is 0 Å². The number of hydrogen-bond acceptors (Lipinski definition) is 1. The highest BCUT2D eigenvalue weighted by Crippen LogP contribution is 2.27. The third-order valence-corrected chi connectivity index (χ3v) is 2.45. The molecule has 68 valence electrons. The number of aliphatic hydroxyl groups is 1. The van der Waals surface area contributed by atoms with Gasteiger partial charge in [-0.05, 0) is 32.1 Å². The highest BCUT2D eigenvalue weighted by molar-refractivity contribution is 5.08. The lowest BCUT2D eigenvalue weighted by Crippen LogP contribution is -2.19. The monoisotopic (exact) mass is 166 g/mol. The van der Waals surface area contributed by atoms with E-state index in [-0.39, 0.29) is 6.10 Å². The first-order valence-corrected chi connectivity index (χ1v) is 4.61. The normalized spacial score (nSPS) is 30.3. The Bertz CT molecular complexity index is 199. The van der Waals surface area contributed by atoms with E-state index >= 15 is 0 Å². The molecule has 0 aliphatic heterocycles. The van der Waals surface area contributed by atoms with Crippen molar-refractivity contribution in [3.8, 4) is 0 Å². The van der Waals surface area contributed by atoms with Gasteiger partial charge in [-0.15, -0.1) is 0 Å². The maximum absolute atomic E-state index is 9.56. The molecule has 0 spiro atoms. The largest absolute Gasteiger partial charge is 0.389 e. The van der Waals surface area contributed by atoms with Crippen LogP contribution in [0.25, 0.3) is 0 Å². The van der Waals surface area contributed by atoms with Gasteiger partial charge in [0.05, 0.1) is 6.10 Å². The maximum atomic E-state index is 9.56. The molecule has 0 aromatic heterocycles. The highest BCUT2D eigenvalue weighted by Gasteiger charge is 2.24. The first-order chi connectivity index (χ1) is 5.61. The summed E-state index contributed by atoms with van der Waals surface area (Å²) in [6.45, 7) is 6.38. The van der Waals surface area contributed by atoms with Gasteiger partial charge in [-0.3, -0.25) is 0 Å². The zero-order valence-electron chi connectivity index (χ0n) is 8.12. The van der Waals surface area contributed by atoms with Gasteiger partial charge in [-0.25, -0.2) is 0 Å². The van der Waals surface area contributed by atoms with Crippen LogP contribution >= 0.6 is 0 Å². The van der Waals surface area contributed by atoms with Crippen molar-refractivity contribution >= 4 is 0 Å². The predicted molar refractivity (Wildman–Crippen MR) is 51.8 cm³/mol. The Morgan fingerprint density at radius 1 is 1.58 bits per heavy atom. The fourth-order valence-corrected chi connectivity index (χ4v) is 1.83. The van der Waals surface area contributed by atoms with Gasteiger partial charge in [-0.2, -0.15) is 0 Å². The summed E-state index contributed by atoms with van der Waals surface area (Å²) >= 11 is 0. The van der Waals surface area contributed by atoms with Gasteiger partial charge in [0, 0.05) is 0 Å². The van der Waals surface area contributed by atoms with Crippen LogP contribution in [0.15, 0.2) is 23.8 Å². The van der Waals surface area contributed by atoms with Crippen LogP contribution < -0.4 is 0 Å². The second-order valence-corrected chi connectivity index (χ2v) is 3.92. The lowest BCUT2D eigenvalue weighted by Gasteiger charge is -2.19. The summed E-state index contributed by atoms with van der Waals surface area (Å²) in [6, 6.07) is 0. The van der Waals surface area contributed by atoms with Crippen LogP contribution in [0.3, 0.4) is 0 Å². The molecular formula is C11H18O. The van der Waals surface area contributed by atoms with E-state index in [1.807, 2.05) is 6.08 Å². The molecule has 1 N–H and O–H groups in total.